The van der Waals surface area contributed by atoms with Crippen LogP contribution in [-0.2, 0) is 4.74 Å². The molecule has 3 nitrogen and oxygen atoms in total. The van der Waals surface area contributed by atoms with Gasteiger partial charge in [-0.2, -0.15) is 12.6 Å². The van der Waals surface area contributed by atoms with Crippen molar-refractivity contribution in [2.24, 2.45) is 5.41 Å². The first-order chi connectivity index (χ1) is 10.2. The number of ether oxygens (including phenoxy) is 2. The minimum Gasteiger partial charge on any atom is -0.492 e. The van der Waals surface area contributed by atoms with E-state index < -0.39 is 0 Å². The third kappa shape index (κ3) is 2.86. The number of methoxy groups -OCH3 is 1. The van der Waals surface area contributed by atoms with Crippen molar-refractivity contribution < 1.29 is 14.3 Å². The summed E-state index contributed by atoms with van der Waals surface area (Å²) >= 11 is 4.38. The lowest BCUT2D eigenvalue weighted by Gasteiger charge is -2.16. The van der Waals surface area contributed by atoms with Crippen molar-refractivity contribution in [2.75, 3.05) is 19.5 Å². The third-order valence-electron chi connectivity index (χ3n) is 4.08. The summed E-state index contributed by atoms with van der Waals surface area (Å²) in [5, 5.41) is 2.05. The predicted molar refractivity (Wildman–Crippen MR) is 86.3 cm³/mol. The van der Waals surface area contributed by atoms with E-state index in [1.807, 2.05) is 36.4 Å². The summed E-state index contributed by atoms with van der Waals surface area (Å²) in [5.74, 6) is 1.04. The van der Waals surface area contributed by atoms with E-state index in [2.05, 4.69) is 12.6 Å². The fraction of sp³-hybridized carbons (Fsp3) is 0.353. The highest BCUT2D eigenvalue weighted by atomic mass is 32.1. The molecule has 0 N–H and O–H groups in total. The first-order valence-corrected chi connectivity index (χ1v) is 7.65. The van der Waals surface area contributed by atoms with Crippen molar-refractivity contribution >= 4 is 29.4 Å². The summed E-state index contributed by atoms with van der Waals surface area (Å²) in [6.07, 6.45) is 2.27. The van der Waals surface area contributed by atoms with Gasteiger partial charge in [0.15, 0.2) is 0 Å². The van der Waals surface area contributed by atoms with Gasteiger partial charge in [-0.15, -0.1) is 0 Å². The number of thiol groups is 1. The second kappa shape index (κ2) is 5.60. The number of carbonyl (C=O) groups excluding carboxylic acids is 1. The maximum Gasteiger partial charge on any atom is 0.341 e. The Morgan fingerprint density at radius 1 is 1.24 bits per heavy atom. The van der Waals surface area contributed by atoms with Crippen LogP contribution in [-0.4, -0.2) is 25.4 Å². The number of carbonyl (C=O) groups is 1. The molecule has 0 atom stereocenters. The monoisotopic (exact) mass is 302 g/mol. The highest BCUT2D eigenvalue weighted by molar-refractivity contribution is 7.80. The Kier molecular flexibility index (Phi) is 3.81. The van der Waals surface area contributed by atoms with Crippen molar-refractivity contribution in [3.63, 3.8) is 0 Å². The number of esters is 1. The number of fused-ring (bicyclic) bond motifs is 1. The molecule has 0 saturated heterocycles. The SMILES string of the molecule is COC(=O)c1cc2ccccc2cc1OCC1(CS)CC1. The minimum atomic E-state index is -0.369. The molecular weight excluding hydrogens is 284 g/mol. The highest BCUT2D eigenvalue weighted by Crippen LogP contribution is 2.47. The number of hydrogen-bond donors (Lipinski definition) is 1. The van der Waals surface area contributed by atoms with E-state index in [0.29, 0.717) is 17.9 Å². The molecule has 21 heavy (non-hydrogen) atoms. The second-order valence-electron chi connectivity index (χ2n) is 5.63. The molecule has 1 aliphatic rings. The van der Waals surface area contributed by atoms with Gasteiger partial charge in [0, 0.05) is 5.41 Å². The van der Waals surface area contributed by atoms with Gasteiger partial charge in [0.25, 0.3) is 0 Å². The fourth-order valence-corrected chi connectivity index (χ4v) is 2.77. The molecule has 0 heterocycles. The highest BCUT2D eigenvalue weighted by Gasteiger charge is 2.42. The van der Waals surface area contributed by atoms with Gasteiger partial charge in [0.2, 0.25) is 0 Å². The molecule has 0 bridgehead atoms. The molecule has 0 aromatic heterocycles. The molecule has 1 fully saturated rings. The number of hydrogen-bond acceptors (Lipinski definition) is 4. The maximum absolute atomic E-state index is 12.0. The third-order valence-corrected chi connectivity index (χ3v) is 4.75. The Balaban J connectivity index is 1.95. The van der Waals surface area contributed by atoms with Gasteiger partial charge < -0.3 is 9.47 Å². The summed E-state index contributed by atoms with van der Waals surface area (Å²) < 4.78 is 10.8. The van der Waals surface area contributed by atoms with E-state index >= 15 is 0 Å². The van der Waals surface area contributed by atoms with E-state index in [1.165, 1.54) is 7.11 Å². The lowest BCUT2D eigenvalue weighted by molar-refractivity contribution is 0.0595. The maximum atomic E-state index is 12.0. The van der Waals surface area contributed by atoms with Crippen molar-refractivity contribution in [2.45, 2.75) is 12.8 Å². The zero-order valence-corrected chi connectivity index (χ0v) is 12.9. The van der Waals surface area contributed by atoms with Gasteiger partial charge in [0.05, 0.1) is 13.7 Å². The minimum absolute atomic E-state index is 0.183. The molecule has 1 aliphatic carbocycles. The van der Waals surface area contributed by atoms with Crippen LogP contribution in [0.25, 0.3) is 10.8 Å². The topological polar surface area (TPSA) is 35.5 Å². The summed E-state index contributed by atoms with van der Waals surface area (Å²) in [5.41, 5.74) is 0.661. The first-order valence-electron chi connectivity index (χ1n) is 7.02. The van der Waals surface area contributed by atoms with Crippen molar-refractivity contribution in [1.29, 1.82) is 0 Å². The Hall–Kier alpha value is -1.68. The van der Waals surface area contributed by atoms with E-state index in [-0.39, 0.29) is 11.4 Å². The van der Waals surface area contributed by atoms with Crippen LogP contribution in [0.3, 0.4) is 0 Å². The van der Waals surface area contributed by atoms with E-state index in [9.17, 15) is 4.79 Å². The van der Waals surface area contributed by atoms with Gasteiger partial charge >= 0.3 is 5.97 Å². The van der Waals surface area contributed by atoms with Gasteiger partial charge in [-0.1, -0.05) is 24.3 Å². The molecule has 0 amide bonds. The quantitative estimate of drug-likeness (QED) is 0.675. The van der Waals surface area contributed by atoms with E-state index in [1.54, 1.807) is 0 Å². The molecule has 3 rings (SSSR count). The Bertz CT molecular complexity index is 677. The molecule has 110 valence electrons. The lowest BCUT2D eigenvalue weighted by atomic mass is 10.1. The van der Waals surface area contributed by atoms with Crippen LogP contribution in [0, 0.1) is 5.41 Å². The van der Waals surface area contributed by atoms with Crippen molar-refractivity contribution in [1.82, 2.24) is 0 Å². The van der Waals surface area contributed by atoms with E-state index in [0.717, 1.165) is 29.4 Å². The largest absolute Gasteiger partial charge is 0.492 e. The molecule has 1 saturated carbocycles. The molecule has 0 spiro atoms. The van der Waals surface area contributed by atoms with Crippen LogP contribution in [0.4, 0.5) is 0 Å². The normalized spacial score (nSPS) is 15.7. The van der Waals surface area contributed by atoms with Crippen molar-refractivity contribution in [3.05, 3.63) is 42.0 Å². The van der Waals surface area contributed by atoms with Crippen LogP contribution >= 0.6 is 12.6 Å². The first kappa shape index (κ1) is 14.3. The van der Waals surface area contributed by atoms with Gasteiger partial charge in [-0.25, -0.2) is 4.79 Å². The van der Waals surface area contributed by atoms with Gasteiger partial charge in [0.1, 0.15) is 11.3 Å². The summed E-state index contributed by atoms with van der Waals surface area (Å²) in [6, 6.07) is 11.6. The molecule has 0 aliphatic heterocycles. The fourth-order valence-electron chi connectivity index (χ4n) is 2.36. The van der Waals surface area contributed by atoms with Crippen LogP contribution < -0.4 is 4.74 Å². The summed E-state index contributed by atoms with van der Waals surface area (Å²) in [7, 11) is 1.39. The lowest BCUT2D eigenvalue weighted by Crippen LogP contribution is -2.16. The van der Waals surface area contributed by atoms with Crippen LogP contribution in [0.1, 0.15) is 23.2 Å². The number of benzene rings is 2. The summed E-state index contributed by atoms with van der Waals surface area (Å²) in [4.78, 5) is 12.0. The molecule has 2 aromatic rings. The zero-order chi connectivity index (χ0) is 14.9. The van der Waals surface area contributed by atoms with E-state index in [4.69, 9.17) is 9.47 Å². The number of rotatable bonds is 5. The molecule has 2 aromatic carbocycles. The molecule has 0 unspecified atom stereocenters. The van der Waals surface area contributed by atoms with Gasteiger partial charge in [-0.3, -0.25) is 0 Å². The smallest absolute Gasteiger partial charge is 0.341 e. The Labute approximate surface area is 129 Å². The standard InChI is InChI=1S/C17H18O3S/c1-19-16(18)14-8-12-4-2-3-5-13(12)9-15(14)20-10-17(11-21)6-7-17/h2-5,8-9,21H,6-7,10-11H2,1H3. The zero-order valence-electron chi connectivity index (χ0n) is 12.0. The molecule has 4 heteroatoms. The molecule has 0 radical (unpaired) electrons. The average molecular weight is 302 g/mol. The molecular formula is C17H18O3S. The van der Waals surface area contributed by atoms with Crippen LogP contribution in [0.2, 0.25) is 0 Å². The summed E-state index contributed by atoms with van der Waals surface area (Å²) in [6.45, 7) is 0.596. The predicted octanol–water partition coefficient (Wildman–Crippen LogP) is 3.72. The second-order valence-corrected chi connectivity index (χ2v) is 5.95. The Morgan fingerprint density at radius 3 is 2.48 bits per heavy atom. The average Bonchev–Trinajstić information content (AvgIpc) is 3.32. The van der Waals surface area contributed by atoms with Crippen LogP contribution in [0.15, 0.2) is 36.4 Å². The van der Waals surface area contributed by atoms with Crippen molar-refractivity contribution in [3.8, 4) is 5.75 Å². The Morgan fingerprint density at radius 2 is 1.90 bits per heavy atom. The van der Waals surface area contributed by atoms with Gasteiger partial charge in [-0.05, 0) is 41.5 Å². The van der Waals surface area contributed by atoms with Crippen LogP contribution in [0.5, 0.6) is 5.75 Å².